The van der Waals surface area contributed by atoms with Crippen LogP contribution in [0.25, 0.3) is 0 Å². The van der Waals surface area contributed by atoms with Crippen LogP contribution < -0.4 is 0 Å². The summed E-state index contributed by atoms with van der Waals surface area (Å²) in [6.07, 6.45) is 19.5. The first-order chi connectivity index (χ1) is 19.3. The molecule has 0 unspecified atom stereocenters. The fraction of sp³-hybridized carbons (Fsp3) is 0.730. The van der Waals surface area contributed by atoms with Gasteiger partial charge < -0.3 is 4.74 Å². The minimum Gasteiger partial charge on any atom is -0.458 e. The summed E-state index contributed by atoms with van der Waals surface area (Å²) < 4.78 is 19.3. The van der Waals surface area contributed by atoms with E-state index in [0.717, 1.165) is 54.8 Å². The molecule has 3 fully saturated rings. The highest BCUT2D eigenvalue weighted by atomic mass is 32.2. The normalized spacial score (nSPS) is 35.6. The van der Waals surface area contributed by atoms with Crippen molar-refractivity contribution in [1.29, 1.82) is 0 Å². The monoisotopic (exact) mass is 580 g/mol. The lowest BCUT2D eigenvalue weighted by molar-refractivity contribution is -0.142. The summed E-state index contributed by atoms with van der Waals surface area (Å²) in [7, 11) is -2.48. The number of hydrogen-bond acceptors (Lipinski definition) is 3. The van der Waals surface area contributed by atoms with Crippen LogP contribution in [-0.4, -0.2) is 33.7 Å². The Kier molecular flexibility index (Phi) is 8.93. The quantitative estimate of drug-likeness (QED) is 0.134. The molecule has 0 amide bonds. The van der Waals surface area contributed by atoms with Gasteiger partial charge in [0.05, 0.1) is 0 Å². The van der Waals surface area contributed by atoms with Crippen molar-refractivity contribution < 1.29 is 13.7 Å². The van der Waals surface area contributed by atoms with E-state index in [0.29, 0.717) is 15.8 Å². The van der Waals surface area contributed by atoms with Gasteiger partial charge in [0.25, 0.3) is 0 Å². The molecule has 0 heterocycles. The second-order valence-electron chi connectivity index (χ2n) is 15.5. The molecule has 8 atom stereocenters. The number of carbonyl (C=O) groups is 1. The summed E-state index contributed by atoms with van der Waals surface area (Å²) in [5, 5.41) is 0. The summed E-state index contributed by atoms with van der Waals surface area (Å²) in [5.41, 5.74) is 2.97. The molecule has 0 radical (unpaired) electrons. The number of rotatable bonds is 8. The van der Waals surface area contributed by atoms with Gasteiger partial charge in [-0.1, -0.05) is 95.9 Å². The summed E-state index contributed by atoms with van der Waals surface area (Å²) in [4.78, 5) is 13.7. The van der Waals surface area contributed by atoms with Crippen LogP contribution in [0.1, 0.15) is 111 Å². The zero-order valence-electron chi connectivity index (χ0n) is 26.9. The average Bonchev–Trinajstić information content (AvgIpc) is 3.26. The zero-order valence-corrected chi connectivity index (χ0v) is 27.7. The minimum absolute atomic E-state index is 0.129. The maximum absolute atomic E-state index is 13.4. The van der Waals surface area contributed by atoms with Crippen molar-refractivity contribution in [2.45, 2.75) is 111 Å². The molecule has 3 nitrogen and oxygen atoms in total. The molecule has 0 aromatic heterocycles. The van der Waals surface area contributed by atoms with Crippen molar-refractivity contribution in [3.63, 3.8) is 0 Å². The molecule has 4 aliphatic rings. The molecule has 0 spiro atoms. The van der Waals surface area contributed by atoms with Gasteiger partial charge in [-0.3, -0.25) is 4.21 Å². The highest BCUT2D eigenvalue weighted by Crippen LogP contribution is 2.67. The van der Waals surface area contributed by atoms with Gasteiger partial charge in [-0.2, -0.15) is 0 Å². The maximum Gasteiger partial charge on any atom is 0.347 e. The number of esters is 1. The topological polar surface area (TPSA) is 43.4 Å². The first-order valence-corrected chi connectivity index (χ1v) is 19.0. The Morgan fingerprint density at radius 2 is 1.71 bits per heavy atom. The van der Waals surface area contributed by atoms with Gasteiger partial charge in [0.2, 0.25) is 0 Å². The molecule has 0 bridgehead atoms. The number of benzene rings is 1. The molecule has 5 rings (SSSR count). The molecular weight excluding hydrogens is 524 g/mol. The molecule has 228 valence electrons. The molecule has 3 saturated carbocycles. The lowest BCUT2D eigenvalue weighted by atomic mass is 9.47. The second kappa shape index (κ2) is 11.9. The van der Waals surface area contributed by atoms with E-state index in [1.807, 2.05) is 30.3 Å². The van der Waals surface area contributed by atoms with Crippen LogP contribution in [0.3, 0.4) is 0 Å². The first kappa shape index (κ1) is 30.9. The van der Waals surface area contributed by atoms with Gasteiger partial charge in [-0.25, -0.2) is 4.79 Å². The van der Waals surface area contributed by atoms with Crippen molar-refractivity contribution >= 4 is 20.4 Å². The Hall–Kier alpha value is -1.55. The third kappa shape index (κ3) is 5.98. The van der Waals surface area contributed by atoms with Gasteiger partial charge >= 0.3 is 5.97 Å². The van der Waals surface area contributed by atoms with E-state index >= 15 is 0 Å². The van der Waals surface area contributed by atoms with E-state index in [-0.39, 0.29) is 11.5 Å². The molecule has 0 aliphatic heterocycles. The van der Waals surface area contributed by atoms with E-state index in [9.17, 15) is 9.00 Å². The lowest BCUT2D eigenvalue weighted by Gasteiger charge is -2.58. The summed E-state index contributed by atoms with van der Waals surface area (Å²) in [5.74, 6) is 4.55. The molecule has 4 aliphatic carbocycles. The molecule has 4 heteroatoms. The van der Waals surface area contributed by atoms with Crippen molar-refractivity contribution in [3.05, 3.63) is 47.5 Å². The van der Waals surface area contributed by atoms with Crippen LogP contribution in [0.5, 0.6) is 0 Å². The number of fused-ring (bicyclic) bond motifs is 5. The molecule has 1 aromatic carbocycles. The maximum atomic E-state index is 13.4. The van der Waals surface area contributed by atoms with Crippen LogP contribution in [0.2, 0.25) is 0 Å². The Balaban J connectivity index is 1.28. The van der Waals surface area contributed by atoms with E-state index in [4.69, 9.17) is 4.74 Å². The van der Waals surface area contributed by atoms with Crippen LogP contribution in [0.15, 0.2) is 42.0 Å². The van der Waals surface area contributed by atoms with Crippen molar-refractivity contribution in [2.24, 2.45) is 46.3 Å². The van der Waals surface area contributed by atoms with Gasteiger partial charge in [-0.15, -0.1) is 0 Å². The third-order valence-corrected chi connectivity index (χ3v) is 13.6. The largest absolute Gasteiger partial charge is 0.458 e. The molecule has 1 aromatic rings. The lowest BCUT2D eigenvalue weighted by Crippen LogP contribution is -2.51. The highest BCUT2D eigenvalue weighted by molar-refractivity contribution is 8.02. The predicted molar refractivity (Wildman–Crippen MR) is 173 cm³/mol. The summed E-state index contributed by atoms with van der Waals surface area (Å²) >= 11 is 0. The number of hydrogen-bond donors (Lipinski definition) is 0. The van der Waals surface area contributed by atoms with E-state index in [2.05, 4.69) is 40.7 Å². The van der Waals surface area contributed by atoms with Gasteiger partial charge in [-0.05, 0) is 106 Å². The van der Waals surface area contributed by atoms with Crippen LogP contribution in [0, 0.1) is 46.3 Å². The smallest absolute Gasteiger partial charge is 0.347 e. The molecular formula is C37H56O3S. The third-order valence-electron chi connectivity index (χ3n) is 12.2. The molecule has 0 saturated heterocycles. The predicted octanol–water partition coefficient (Wildman–Crippen LogP) is 8.70. The summed E-state index contributed by atoms with van der Waals surface area (Å²) in [6.45, 7) is 12.5. The molecule has 0 N–H and O–H groups in total. The fourth-order valence-electron chi connectivity index (χ4n) is 10.1. The van der Waals surface area contributed by atoms with Crippen molar-refractivity contribution in [1.82, 2.24) is 0 Å². The van der Waals surface area contributed by atoms with Crippen molar-refractivity contribution in [2.75, 3.05) is 12.5 Å². The van der Waals surface area contributed by atoms with Crippen molar-refractivity contribution in [3.8, 4) is 0 Å². The number of carbonyl (C=O) groups excluding carboxylic acids is 1. The second-order valence-corrected chi connectivity index (χ2v) is 18.4. The number of ether oxygens (including phenoxy) is 1. The van der Waals surface area contributed by atoms with Gasteiger partial charge in [0, 0.05) is 18.9 Å². The zero-order chi connectivity index (χ0) is 29.6. The Bertz CT molecular complexity index is 1250. The van der Waals surface area contributed by atoms with Gasteiger partial charge in [0.1, 0.15) is 11.0 Å². The Labute approximate surface area is 251 Å². The van der Waals surface area contributed by atoms with E-state index in [1.54, 1.807) is 12.5 Å². The highest BCUT2D eigenvalue weighted by Gasteiger charge is 2.59. The van der Waals surface area contributed by atoms with Crippen LogP contribution in [0.4, 0.5) is 0 Å². The number of allylic oxidation sites excluding steroid dienone is 1. The first-order valence-electron chi connectivity index (χ1n) is 16.6. The van der Waals surface area contributed by atoms with Crippen LogP contribution in [-0.2, 0) is 19.1 Å². The SMILES string of the molecule is CC(C)CCC[C@@H](C)[C@H]1CC[C@H]2[C@@H]3CC=C4C[C@@H](OC(=O)C(c5ccccc5)=S(C)(C)=O)CC[C@]4(C)[C@H]3CC[C@]12C. The molecule has 41 heavy (non-hydrogen) atoms. The van der Waals surface area contributed by atoms with Gasteiger partial charge in [0.15, 0.2) is 0 Å². The average molecular weight is 581 g/mol. The summed E-state index contributed by atoms with van der Waals surface area (Å²) in [6, 6.07) is 9.42. The Morgan fingerprint density at radius 1 is 0.976 bits per heavy atom. The van der Waals surface area contributed by atoms with E-state index in [1.165, 1.54) is 56.9 Å². The fourth-order valence-corrected chi connectivity index (χ4v) is 11.3. The van der Waals surface area contributed by atoms with Crippen LogP contribution >= 0.6 is 0 Å². The standard InChI is InChI=1S/C37H56O3S/c1-25(2)12-11-13-26(3)31-18-19-32-30-17-16-28-24-29(20-22-36(28,4)33(30)21-23-37(31,32)5)40-35(38)34(41(6,7)39)27-14-9-8-10-15-27/h8-10,14-16,25-26,29-33H,11-13,17-24H2,1-7H3/t26-,29+,30+,31-,32+,33+,36+,37-/m1/s1. The Morgan fingerprint density at radius 3 is 2.39 bits per heavy atom. The van der Waals surface area contributed by atoms with E-state index < -0.39 is 15.5 Å². The minimum atomic E-state index is -2.48.